The van der Waals surface area contributed by atoms with E-state index in [0.29, 0.717) is 50.8 Å². The van der Waals surface area contributed by atoms with Crippen LogP contribution in [0.5, 0.6) is 11.5 Å². The standard InChI is InChI=1S/C44H44O12/c1-3-39(45)51-27-7-5-25-49-37-21-17-33(18-22-37)31-9-13-35(14-10-31)41(47)55-43-44(54-30-29-53-43)56-42(48)36-15-11-32(12-16-36)34-19-23-38(24-20-34)50-26-6-8-28-52-40(46)4-2/h3-4,9-24,43-44H,1-2,5-8,25-30H2/t43-,44-/m0/s1. The van der Waals surface area contributed by atoms with Crippen molar-refractivity contribution in [3.63, 3.8) is 0 Å². The first-order chi connectivity index (χ1) is 27.3. The lowest BCUT2D eigenvalue weighted by Crippen LogP contribution is -2.44. The van der Waals surface area contributed by atoms with E-state index in [4.69, 9.17) is 37.9 Å². The van der Waals surface area contributed by atoms with E-state index in [2.05, 4.69) is 13.2 Å². The summed E-state index contributed by atoms with van der Waals surface area (Å²) in [5.74, 6) is -0.775. The van der Waals surface area contributed by atoms with Crippen LogP contribution in [-0.2, 0) is 38.0 Å². The van der Waals surface area contributed by atoms with Gasteiger partial charge in [-0.15, -0.1) is 0 Å². The number of ether oxygens (including phenoxy) is 8. The van der Waals surface area contributed by atoms with Crippen LogP contribution < -0.4 is 9.47 Å². The smallest absolute Gasteiger partial charge is 0.340 e. The van der Waals surface area contributed by atoms with Gasteiger partial charge in [0.15, 0.2) is 0 Å². The highest BCUT2D eigenvalue weighted by atomic mass is 16.8. The van der Waals surface area contributed by atoms with Crippen LogP contribution in [0.3, 0.4) is 0 Å². The summed E-state index contributed by atoms with van der Waals surface area (Å²) < 4.78 is 43.8. The van der Waals surface area contributed by atoms with Crippen LogP contribution in [0.15, 0.2) is 122 Å². The first-order valence-corrected chi connectivity index (χ1v) is 18.2. The molecule has 0 bridgehead atoms. The third-order valence-electron chi connectivity index (χ3n) is 8.37. The average molecular weight is 765 g/mol. The monoisotopic (exact) mass is 764 g/mol. The number of carbonyl (C=O) groups is 4. The molecule has 0 saturated carbocycles. The van der Waals surface area contributed by atoms with Crippen molar-refractivity contribution in [3.8, 4) is 33.8 Å². The maximum Gasteiger partial charge on any atom is 0.340 e. The molecule has 2 atom stereocenters. The fraction of sp³-hybridized carbons (Fsp3) is 0.273. The van der Waals surface area contributed by atoms with Gasteiger partial charge in [0.1, 0.15) is 11.5 Å². The van der Waals surface area contributed by atoms with Crippen molar-refractivity contribution in [3.05, 3.63) is 133 Å². The van der Waals surface area contributed by atoms with Crippen LogP contribution in [0.1, 0.15) is 46.4 Å². The lowest BCUT2D eigenvalue weighted by molar-refractivity contribution is -0.288. The molecule has 12 nitrogen and oxygen atoms in total. The third kappa shape index (κ3) is 12.7. The first-order valence-electron chi connectivity index (χ1n) is 18.2. The SMILES string of the molecule is C=CC(=O)OCCCCOc1ccc(-c2ccc(C(=O)O[C@@H]3OCCO[C@H]3OC(=O)c3ccc(-c4ccc(OCCCCOC(=O)C=C)cc4)cc3)cc2)cc1. The fourth-order valence-electron chi connectivity index (χ4n) is 5.35. The molecule has 0 aromatic heterocycles. The number of hydrogen-bond donors (Lipinski definition) is 0. The summed E-state index contributed by atoms with van der Waals surface area (Å²) in [6, 6.07) is 28.9. The van der Waals surface area contributed by atoms with Gasteiger partial charge < -0.3 is 37.9 Å². The Labute approximate surface area is 325 Å². The number of benzene rings is 4. The molecule has 292 valence electrons. The molecule has 4 aromatic rings. The van der Waals surface area contributed by atoms with Gasteiger partial charge in [-0.25, -0.2) is 19.2 Å². The molecule has 1 aliphatic heterocycles. The lowest BCUT2D eigenvalue weighted by atomic mass is 10.0. The number of carbonyl (C=O) groups excluding carboxylic acids is 4. The van der Waals surface area contributed by atoms with Gasteiger partial charge in [-0.2, -0.15) is 0 Å². The van der Waals surface area contributed by atoms with Crippen molar-refractivity contribution >= 4 is 23.9 Å². The number of esters is 4. The number of unbranched alkanes of at least 4 members (excludes halogenated alkanes) is 2. The van der Waals surface area contributed by atoms with Crippen LogP contribution in [-0.4, -0.2) is 76.1 Å². The van der Waals surface area contributed by atoms with Crippen molar-refractivity contribution in [2.75, 3.05) is 39.6 Å². The highest BCUT2D eigenvalue weighted by Crippen LogP contribution is 2.26. The molecule has 1 heterocycles. The summed E-state index contributed by atoms with van der Waals surface area (Å²) in [6.07, 6.45) is 2.59. The minimum Gasteiger partial charge on any atom is -0.494 e. The van der Waals surface area contributed by atoms with Gasteiger partial charge in [-0.3, -0.25) is 0 Å². The van der Waals surface area contributed by atoms with E-state index >= 15 is 0 Å². The van der Waals surface area contributed by atoms with Gasteiger partial charge in [0.25, 0.3) is 12.6 Å². The van der Waals surface area contributed by atoms with Crippen molar-refractivity contribution in [1.82, 2.24) is 0 Å². The Hall–Kier alpha value is -6.24. The van der Waals surface area contributed by atoms with Gasteiger partial charge in [-0.1, -0.05) is 61.7 Å². The Balaban J connectivity index is 1.06. The molecular formula is C44H44O12. The van der Waals surface area contributed by atoms with E-state index in [9.17, 15) is 19.2 Å². The molecule has 0 spiro atoms. The maximum absolute atomic E-state index is 13.1. The lowest BCUT2D eigenvalue weighted by Gasteiger charge is -2.30. The van der Waals surface area contributed by atoms with Crippen molar-refractivity contribution in [2.24, 2.45) is 0 Å². The minimum atomic E-state index is -1.26. The summed E-state index contributed by atoms with van der Waals surface area (Å²) in [7, 11) is 0. The molecule has 1 saturated heterocycles. The van der Waals surface area contributed by atoms with Gasteiger partial charge in [0.05, 0.1) is 50.8 Å². The van der Waals surface area contributed by atoms with Crippen molar-refractivity contribution in [1.29, 1.82) is 0 Å². The topological polar surface area (TPSA) is 142 Å². The highest BCUT2D eigenvalue weighted by Gasteiger charge is 2.34. The summed E-state index contributed by atoms with van der Waals surface area (Å²) in [6.45, 7) is 8.65. The molecule has 0 N–H and O–H groups in total. The average Bonchev–Trinajstić information content (AvgIpc) is 3.24. The Kier molecular flexibility index (Phi) is 15.8. The summed E-state index contributed by atoms with van der Waals surface area (Å²) in [4.78, 5) is 48.3. The van der Waals surface area contributed by atoms with Gasteiger partial charge in [0, 0.05) is 12.2 Å². The summed E-state index contributed by atoms with van der Waals surface area (Å²) in [5, 5.41) is 0. The summed E-state index contributed by atoms with van der Waals surface area (Å²) >= 11 is 0. The Bertz CT molecular complexity index is 1760. The molecule has 5 rings (SSSR count). The maximum atomic E-state index is 13.1. The largest absolute Gasteiger partial charge is 0.494 e. The molecule has 0 unspecified atom stereocenters. The molecule has 12 heteroatoms. The third-order valence-corrected chi connectivity index (χ3v) is 8.37. The van der Waals surface area contributed by atoms with E-state index < -0.39 is 36.5 Å². The molecular weight excluding hydrogens is 720 g/mol. The van der Waals surface area contributed by atoms with E-state index in [1.165, 1.54) is 0 Å². The second-order valence-corrected chi connectivity index (χ2v) is 12.3. The molecule has 1 fully saturated rings. The predicted octanol–water partition coefficient (Wildman–Crippen LogP) is 7.51. The molecule has 0 radical (unpaired) electrons. The first kappa shape index (κ1) is 40.9. The van der Waals surface area contributed by atoms with Crippen molar-refractivity contribution < 1.29 is 57.1 Å². The van der Waals surface area contributed by atoms with Crippen LogP contribution >= 0.6 is 0 Å². The Morgan fingerprint density at radius 2 is 0.821 bits per heavy atom. The van der Waals surface area contributed by atoms with Crippen LogP contribution in [0.4, 0.5) is 0 Å². The minimum absolute atomic E-state index is 0.154. The molecule has 1 aliphatic rings. The fourth-order valence-corrected chi connectivity index (χ4v) is 5.35. The quantitative estimate of drug-likeness (QED) is 0.0381. The molecule has 56 heavy (non-hydrogen) atoms. The van der Waals surface area contributed by atoms with Gasteiger partial charge >= 0.3 is 23.9 Å². The van der Waals surface area contributed by atoms with Gasteiger partial charge in [-0.05, 0) is 96.5 Å². The zero-order valence-electron chi connectivity index (χ0n) is 30.9. The molecule has 0 aliphatic carbocycles. The zero-order valence-corrected chi connectivity index (χ0v) is 30.9. The van der Waals surface area contributed by atoms with Crippen LogP contribution in [0.2, 0.25) is 0 Å². The van der Waals surface area contributed by atoms with E-state index in [0.717, 1.165) is 47.2 Å². The van der Waals surface area contributed by atoms with E-state index in [1.54, 1.807) is 48.5 Å². The van der Waals surface area contributed by atoms with E-state index in [-0.39, 0.29) is 24.3 Å². The highest BCUT2D eigenvalue weighted by molar-refractivity contribution is 5.91. The van der Waals surface area contributed by atoms with Crippen LogP contribution in [0, 0.1) is 0 Å². The Morgan fingerprint density at radius 1 is 0.500 bits per heavy atom. The van der Waals surface area contributed by atoms with Gasteiger partial charge in [0.2, 0.25) is 0 Å². The van der Waals surface area contributed by atoms with Crippen LogP contribution in [0.25, 0.3) is 22.3 Å². The summed E-state index contributed by atoms with van der Waals surface area (Å²) in [5.41, 5.74) is 4.18. The number of hydrogen-bond acceptors (Lipinski definition) is 12. The predicted molar refractivity (Wildman–Crippen MR) is 206 cm³/mol. The molecule has 0 amide bonds. The van der Waals surface area contributed by atoms with E-state index in [1.807, 2.05) is 48.5 Å². The Morgan fingerprint density at radius 3 is 1.16 bits per heavy atom. The molecule has 4 aromatic carbocycles. The normalized spacial score (nSPS) is 14.8. The second kappa shape index (κ2) is 21.6. The zero-order chi connectivity index (χ0) is 39.5. The second-order valence-electron chi connectivity index (χ2n) is 12.3. The number of rotatable bonds is 20. The van der Waals surface area contributed by atoms with Crippen molar-refractivity contribution in [2.45, 2.75) is 38.3 Å².